The molecule has 0 saturated heterocycles. The van der Waals surface area contributed by atoms with E-state index in [9.17, 15) is 18.0 Å². The summed E-state index contributed by atoms with van der Waals surface area (Å²) in [7, 11) is -3.70. The molecule has 3 rings (SSSR count). The summed E-state index contributed by atoms with van der Waals surface area (Å²) < 4.78 is 27.4. The Labute approximate surface area is 140 Å². The van der Waals surface area contributed by atoms with Gasteiger partial charge in [0.1, 0.15) is 0 Å². The van der Waals surface area contributed by atoms with Crippen molar-refractivity contribution in [3.05, 3.63) is 41.5 Å². The molecular formula is C17H18N2O4S. The summed E-state index contributed by atoms with van der Waals surface area (Å²) in [5, 5.41) is 1.09. The average molecular weight is 346 g/mol. The van der Waals surface area contributed by atoms with Crippen molar-refractivity contribution < 1.29 is 18.0 Å². The number of nitrogens with one attached hydrogen (secondary N) is 1. The Balaban J connectivity index is 2.27. The summed E-state index contributed by atoms with van der Waals surface area (Å²) in [5.41, 5.74) is 0.677. The molecule has 0 unspecified atom stereocenters. The first-order valence-electron chi connectivity index (χ1n) is 7.83. The highest BCUT2D eigenvalue weighted by Crippen LogP contribution is 2.32. The highest BCUT2D eigenvalue weighted by Gasteiger charge is 2.33. The first-order valence-corrected chi connectivity index (χ1v) is 9.31. The summed E-state index contributed by atoms with van der Waals surface area (Å²) in [6, 6.07) is 7.93. The van der Waals surface area contributed by atoms with Gasteiger partial charge in [-0.15, -0.1) is 0 Å². The lowest BCUT2D eigenvalue weighted by atomic mass is 9.94. The highest BCUT2D eigenvalue weighted by molar-refractivity contribution is 7.89. The van der Waals surface area contributed by atoms with Crippen LogP contribution in [0.3, 0.4) is 0 Å². The Kier molecular flexibility index (Phi) is 4.15. The molecule has 7 heteroatoms. The van der Waals surface area contributed by atoms with Gasteiger partial charge in [0, 0.05) is 29.6 Å². The number of sulfonamides is 1. The molecule has 126 valence electrons. The van der Waals surface area contributed by atoms with E-state index in [1.54, 1.807) is 25.1 Å². The van der Waals surface area contributed by atoms with Gasteiger partial charge in [-0.25, -0.2) is 13.1 Å². The maximum atomic E-state index is 12.6. The van der Waals surface area contributed by atoms with Crippen LogP contribution in [0.2, 0.25) is 0 Å². The Morgan fingerprint density at radius 3 is 2.42 bits per heavy atom. The van der Waals surface area contributed by atoms with Crippen molar-refractivity contribution in [2.24, 2.45) is 0 Å². The van der Waals surface area contributed by atoms with Crippen LogP contribution < -0.4 is 4.72 Å². The molecule has 6 nitrogen and oxygen atoms in total. The van der Waals surface area contributed by atoms with Crippen molar-refractivity contribution in [3.63, 3.8) is 0 Å². The number of carbonyl (C=O) groups is 2. The molecule has 0 atom stereocenters. The first-order chi connectivity index (χ1) is 11.4. The number of benzene rings is 2. The molecule has 0 spiro atoms. The molecule has 1 N–H and O–H groups in total. The smallest absolute Gasteiger partial charge is 0.261 e. The van der Waals surface area contributed by atoms with Gasteiger partial charge in [-0.3, -0.25) is 14.5 Å². The molecule has 2 aromatic rings. The second kappa shape index (κ2) is 5.99. The van der Waals surface area contributed by atoms with Gasteiger partial charge in [0.15, 0.2) is 0 Å². The average Bonchev–Trinajstić information content (AvgIpc) is 2.57. The van der Waals surface area contributed by atoms with E-state index in [0.29, 0.717) is 29.3 Å². The van der Waals surface area contributed by atoms with E-state index in [-0.39, 0.29) is 22.9 Å². The predicted octanol–water partition coefficient (Wildman–Crippen LogP) is 2.14. The summed E-state index contributed by atoms with van der Waals surface area (Å²) in [4.78, 5) is 26.2. The van der Waals surface area contributed by atoms with E-state index < -0.39 is 15.9 Å². The van der Waals surface area contributed by atoms with Crippen molar-refractivity contribution in [3.8, 4) is 0 Å². The second-order valence-corrected chi connectivity index (χ2v) is 7.39. The minimum absolute atomic E-state index is 0.0364. The molecule has 2 amide bonds. The fourth-order valence-electron chi connectivity index (χ4n) is 2.89. The predicted molar refractivity (Wildman–Crippen MR) is 90.5 cm³/mol. The van der Waals surface area contributed by atoms with Crippen molar-refractivity contribution in [2.75, 3.05) is 13.1 Å². The molecule has 0 radical (unpaired) electrons. The third kappa shape index (κ3) is 2.50. The SMILES string of the molecule is CCCNS(=O)(=O)c1cc2c3c(cccc3c1)C(=O)N(CC)C2=O. The molecule has 24 heavy (non-hydrogen) atoms. The number of hydrogen-bond acceptors (Lipinski definition) is 4. The number of imide groups is 1. The minimum Gasteiger partial charge on any atom is -0.275 e. The highest BCUT2D eigenvalue weighted by atomic mass is 32.2. The third-order valence-electron chi connectivity index (χ3n) is 4.07. The van der Waals surface area contributed by atoms with Crippen molar-refractivity contribution in [1.82, 2.24) is 9.62 Å². The number of hydrogen-bond donors (Lipinski definition) is 1. The molecule has 1 aliphatic heterocycles. The lowest BCUT2D eigenvalue weighted by Gasteiger charge is -2.26. The van der Waals surface area contributed by atoms with E-state index >= 15 is 0 Å². The number of nitrogens with zero attached hydrogens (tertiary/aromatic N) is 1. The largest absolute Gasteiger partial charge is 0.275 e. The van der Waals surface area contributed by atoms with Gasteiger partial charge in [-0.2, -0.15) is 0 Å². The standard InChI is InChI=1S/C17H18N2O4S/c1-3-8-18-24(22,23)12-9-11-6-5-7-13-15(11)14(10-12)17(21)19(4-2)16(13)20/h5-7,9-10,18H,3-4,8H2,1-2H3. The summed E-state index contributed by atoms with van der Waals surface area (Å²) in [6.45, 7) is 4.14. The van der Waals surface area contributed by atoms with Gasteiger partial charge < -0.3 is 0 Å². The van der Waals surface area contributed by atoms with Crippen LogP contribution in [-0.4, -0.2) is 38.2 Å². The van der Waals surface area contributed by atoms with Crippen LogP contribution in [-0.2, 0) is 10.0 Å². The number of amides is 2. The zero-order chi connectivity index (χ0) is 17.5. The molecular weight excluding hydrogens is 328 g/mol. The zero-order valence-corrected chi connectivity index (χ0v) is 14.3. The number of carbonyl (C=O) groups excluding carboxylic acids is 2. The maximum absolute atomic E-state index is 12.6. The fourth-order valence-corrected chi connectivity index (χ4v) is 4.09. The molecule has 1 heterocycles. The molecule has 0 bridgehead atoms. The second-order valence-electron chi connectivity index (χ2n) is 5.63. The Morgan fingerprint density at radius 2 is 1.75 bits per heavy atom. The van der Waals surface area contributed by atoms with Crippen LogP contribution in [0.5, 0.6) is 0 Å². The molecule has 0 fully saturated rings. The van der Waals surface area contributed by atoms with E-state index in [1.807, 2.05) is 6.92 Å². The van der Waals surface area contributed by atoms with Crippen LogP contribution in [0, 0.1) is 0 Å². The van der Waals surface area contributed by atoms with Crippen molar-refractivity contribution >= 4 is 32.6 Å². The maximum Gasteiger partial charge on any atom is 0.261 e. The minimum atomic E-state index is -3.70. The van der Waals surface area contributed by atoms with Crippen molar-refractivity contribution in [2.45, 2.75) is 25.2 Å². The molecule has 0 aromatic heterocycles. The van der Waals surface area contributed by atoms with E-state index in [1.165, 1.54) is 12.1 Å². The molecule has 2 aromatic carbocycles. The van der Waals surface area contributed by atoms with Crippen LogP contribution in [0.15, 0.2) is 35.2 Å². The summed E-state index contributed by atoms with van der Waals surface area (Å²) in [6.07, 6.45) is 0.668. The Morgan fingerprint density at radius 1 is 1.04 bits per heavy atom. The lowest BCUT2D eigenvalue weighted by Crippen LogP contribution is -2.40. The molecule has 1 aliphatic rings. The third-order valence-corrected chi connectivity index (χ3v) is 5.51. The Bertz CT molecular complexity index is 950. The first kappa shape index (κ1) is 16.6. The van der Waals surface area contributed by atoms with Gasteiger partial charge in [0.25, 0.3) is 11.8 Å². The van der Waals surface area contributed by atoms with Gasteiger partial charge in [0.2, 0.25) is 10.0 Å². The Hall–Kier alpha value is -2.25. The van der Waals surface area contributed by atoms with Crippen LogP contribution in [0.25, 0.3) is 10.8 Å². The summed E-state index contributed by atoms with van der Waals surface area (Å²) >= 11 is 0. The molecule has 0 aliphatic carbocycles. The van der Waals surface area contributed by atoms with E-state index in [0.717, 1.165) is 4.90 Å². The van der Waals surface area contributed by atoms with Crippen LogP contribution in [0.4, 0.5) is 0 Å². The topological polar surface area (TPSA) is 83.6 Å². The summed E-state index contributed by atoms with van der Waals surface area (Å²) in [5.74, 6) is -0.806. The molecule has 0 saturated carbocycles. The van der Waals surface area contributed by atoms with Gasteiger partial charge in [-0.05, 0) is 36.9 Å². The zero-order valence-electron chi connectivity index (χ0n) is 13.5. The quantitative estimate of drug-likeness (QED) is 0.841. The number of rotatable bonds is 5. The van der Waals surface area contributed by atoms with E-state index in [2.05, 4.69) is 4.72 Å². The van der Waals surface area contributed by atoms with Crippen LogP contribution in [0.1, 0.15) is 41.0 Å². The van der Waals surface area contributed by atoms with E-state index in [4.69, 9.17) is 0 Å². The van der Waals surface area contributed by atoms with Crippen LogP contribution >= 0.6 is 0 Å². The normalized spacial score (nSPS) is 14.5. The monoisotopic (exact) mass is 346 g/mol. The van der Waals surface area contributed by atoms with Gasteiger partial charge >= 0.3 is 0 Å². The van der Waals surface area contributed by atoms with Crippen molar-refractivity contribution in [1.29, 1.82) is 0 Å². The lowest BCUT2D eigenvalue weighted by molar-refractivity contribution is 0.0619. The fraction of sp³-hybridized carbons (Fsp3) is 0.294. The van der Waals surface area contributed by atoms with Gasteiger partial charge in [0.05, 0.1) is 4.90 Å². The van der Waals surface area contributed by atoms with Gasteiger partial charge in [-0.1, -0.05) is 19.1 Å².